The fraction of sp³-hybridized carbons (Fsp3) is 0.333. The standard InChI is InChI=1S/C9H11FN2O/c10-6-3-5(11)4-8-9(6)7(12)1-2-13-8/h3-4,7H,1-2,11-12H2/t7-/m0/s1. The molecule has 1 heterocycles. The van der Waals surface area contributed by atoms with Crippen LogP contribution in [0.4, 0.5) is 10.1 Å². The van der Waals surface area contributed by atoms with Crippen LogP contribution in [0, 0.1) is 5.82 Å². The highest BCUT2D eigenvalue weighted by Crippen LogP contribution is 2.34. The molecule has 13 heavy (non-hydrogen) atoms. The van der Waals surface area contributed by atoms with Gasteiger partial charge in [0.2, 0.25) is 0 Å². The van der Waals surface area contributed by atoms with Crippen LogP contribution in [-0.2, 0) is 0 Å². The van der Waals surface area contributed by atoms with Gasteiger partial charge in [0.15, 0.2) is 0 Å². The third-order valence-corrected chi connectivity index (χ3v) is 2.17. The van der Waals surface area contributed by atoms with Gasteiger partial charge in [-0.3, -0.25) is 0 Å². The topological polar surface area (TPSA) is 61.3 Å². The summed E-state index contributed by atoms with van der Waals surface area (Å²) in [6.07, 6.45) is 0.647. The van der Waals surface area contributed by atoms with Crippen molar-refractivity contribution in [3.63, 3.8) is 0 Å². The molecule has 0 aromatic heterocycles. The van der Waals surface area contributed by atoms with Crippen molar-refractivity contribution in [2.45, 2.75) is 12.5 Å². The van der Waals surface area contributed by atoms with Gasteiger partial charge in [-0.05, 0) is 6.07 Å². The Morgan fingerprint density at radius 1 is 1.46 bits per heavy atom. The molecule has 1 aliphatic heterocycles. The molecule has 0 fully saturated rings. The summed E-state index contributed by atoms with van der Waals surface area (Å²) in [5.41, 5.74) is 12.0. The molecular formula is C9H11FN2O. The highest BCUT2D eigenvalue weighted by molar-refractivity contribution is 5.51. The first-order valence-corrected chi connectivity index (χ1v) is 4.16. The lowest BCUT2D eigenvalue weighted by atomic mass is 10.0. The molecule has 70 valence electrons. The molecule has 0 radical (unpaired) electrons. The van der Waals surface area contributed by atoms with Crippen molar-refractivity contribution in [3.05, 3.63) is 23.5 Å². The molecule has 0 aliphatic carbocycles. The Morgan fingerprint density at radius 2 is 2.23 bits per heavy atom. The van der Waals surface area contributed by atoms with Gasteiger partial charge >= 0.3 is 0 Å². The van der Waals surface area contributed by atoms with Crippen LogP contribution in [0.3, 0.4) is 0 Å². The molecule has 0 amide bonds. The predicted octanol–water partition coefficient (Wildman–Crippen LogP) is 1.19. The summed E-state index contributed by atoms with van der Waals surface area (Å²) < 4.78 is 18.6. The van der Waals surface area contributed by atoms with E-state index >= 15 is 0 Å². The van der Waals surface area contributed by atoms with E-state index in [1.807, 2.05) is 0 Å². The van der Waals surface area contributed by atoms with E-state index in [2.05, 4.69) is 0 Å². The zero-order valence-corrected chi connectivity index (χ0v) is 7.09. The minimum atomic E-state index is -0.373. The Balaban J connectivity index is 2.56. The SMILES string of the molecule is Nc1cc(F)c2c(c1)OCC[C@@H]2N. The Labute approximate surface area is 75.5 Å². The molecule has 0 saturated heterocycles. The lowest BCUT2D eigenvalue weighted by molar-refractivity contribution is 0.264. The fourth-order valence-electron chi connectivity index (χ4n) is 1.53. The Hall–Kier alpha value is -1.29. The van der Waals surface area contributed by atoms with Gasteiger partial charge in [-0.15, -0.1) is 0 Å². The van der Waals surface area contributed by atoms with Crippen LogP contribution in [0.25, 0.3) is 0 Å². The van der Waals surface area contributed by atoms with Crippen LogP contribution in [0.5, 0.6) is 5.75 Å². The van der Waals surface area contributed by atoms with E-state index in [9.17, 15) is 4.39 Å². The van der Waals surface area contributed by atoms with Crippen molar-refractivity contribution in [2.24, 2.45) is 5.73 Å². The van der Waals surface area contributed by atoms with Crippen LogP contribution in [0.15, 0.2) is 12.1 Å². The fourth-order valence-corrected chi connectivity index (χ4v) is 1.53. The molecule has 1 aliphatic rings. The van der Waals surface area contributed by atoms with Gasteiger partial charge in [0, 0.05) is 29.8 Å². The maximum Gasteiger partial charge on any atom is 0.133 e. The number of nitrogens with two attached hydrogens (primary N) is 2. The van der Waals surface area contributed by atoms with Crippen LogP contribution in [0.1, 0.15) is 18.0 Å². The second-order valence-corrected chi connectivity index (χ2v) is 3.16. The number of hydrogen-bond acceptors (Lipinski definition) is 3. The summed E-state index contributed by atoms with van der Waals surface area (Å²) in [4.78, 5) is 0. The summed E-state index contributed by atoms with van der Waals surface area (Å²) in [6, 6.07) is 2.61. The van der Waals surface area contributed by atoms with Crippen LogP contribution in [-0.4, -0.2) is 6.61 Å². The molecule has 0 bridgehead atoms. The third kappa shape index (κ3) is 1.33. The summed E-state index contributed by atoms with van der Waals surface area (Å²) >= 11 is 0. The predicted molar refractivity (Wildman–Crippen MR) is 47.9 cm³/mol. The largest absolute Gasteiger partial charge is 0.493 e. The van der Waals surface area contributed by atoms with E-state index in [0.29, 0.717) is 30.0 Å². The molecule has 0 spiro atoms. The monoisotopic (exact) mass is 182 g/mol. The molecule has 4 N–H and O–H groups in total. The van der Waals surface area contributed by atoms with Crippen molar-refractivity contribution in [1.82, 2.24) is 0 Å². The van der Waals surface area contributed by atoms with E-state index in [4.69, 9.17) is 16.2 Å². The number of halogens is 1. The molecule has 0 unspecified atom stereocenters. The van der Waals surface area contributed by atoms with Gasteiger partial charge in [0.1, 0.15) is 11.6 Å². The molecule has 1 atom stereocenters. The Bertz CT molecular complexity index is 341. The van der Waals surface area contributed by atoms with E-state index in [1.165, 1.54) is 6.07 Å². The molecule has 0 saturated carbocycles. The van der Waals surface area contributed by atoms with Gasteiger partial charge in [-0.2, -0.15) is 0 Å². The summed E-state index contributed by atoms with van der Waals surface area (Å²) in [5, 5.41) is 0. The zero-order valence-electron chi connectivity index (χ0n) is 7.09. The van der Waals surface area contributed by atoms with Crippen molar-refractivity contribution in [1.29, 1.82) is 0 Å². The smallest absolute Gasteiger partial charge is 0.133 e. The minimum absolute atomic E-state index is 0.274. The first kappa shape index (κ1) is 8.31. The van der Waals surface area contributed by atoms with E-state index in [-0.39, 0.29) is 11.9 Å². The zero-order chi connectivity index (χ0) is 9.42. The van der Waals surface area contributed by atoms with Crippen molar-refractivity contribution >= 4 is 5.69 Å². The molecule has 3 nitrogen and oxygen atoms in total. The minimum Gasteiger partial charge on any atom is -0.493 e. The summed E-state index contributed by atoms with van der Waals surface area (Å²) in [6.45, 7) is 0.525. The lowest BCUT2D eigenvalue weighted by Crippen LogP contribution is -2.22. The van der Waals surface area contributed by atoms with Gasteiger partial charge in [-0.1, -0.05) is 0 Å². The van der Waals surface area contributed by atoms with Crippen LogP contribution in [0.2, 0.25) is 0 Å². The van der Waals surface area contributed by atoms with Crippen molar-refractivity contribution in [2.75, 3.05) is 12.3 Å². The summed E-state index contributed by atoms with van der Waals surface area (Å²) in [7, 11) is 0. The first-order valence-electron chi connectivity index (χ1n) is 4.16. The quantitative estimate of drug-likeness (QED) is 0.592. The van der Waals surface area contributed by atoms with Gasteiger partial charge in [0.25, 0.3) is 0 Å². The van der Waals surface area contributed by atoms with E-state index < -0.39 is 0 Å². The Kier molecular flexibility index (Phi) is 1.84. The number of nitrogen functional groups attached to an aromatic ring is 1. The van der Waals surface area contributed by atoms with Crippen molar-refractivity contribution < 1.29 is 9.13 Å². The Morgan fingerprint density at radius 3 is 3.00 bits per heavy atom. The molecule has 2 rings (SSSR count). The van der Waals surface area contributed by atoms with E-state index in [0.717, 1.165) is 0 Å². The first-order chi connectivity index (χ1) is 6.18. The number of ether oxygens (including phenoxy) is 1. The number of rotatable bonds is 0. The van der Waals surface area contributed by atoms with Gasteiger partial charge in [-0.25, -0.2) is 4.39 Å². The third-order valence-electron chi connectivity index (χ3n) is 2.17. The average molecular weight is 182 g/mol. The maximum absolute atomic E-state index is 13.3. The summed E-state index contributed by atoms with van der Waals surface area (Å²) in [5.74, 6) is 0.110. The normalized spacial score (nSPS) is 20.6. The lowest BCUT2D eigenvalue weighted by Gasteiger charge is -2.23. The van der Waals surface area contributed by atoms with Gasteiger partial charge < -0.3 is 16.2 Å². The number of benzene rings is 1. The van der Waals surface area contributed by atoms with Crippen molar-refractivity contribution in [3.8, 4) is 5.75 Å². The highest BCUT2D eigenvalue weighted by Gasteiger charge is 2.22. The highest BCUT2D eigenvalue weighted by atomic mass is 19.1. The van der Waals surface area contributed by atoms with Gasteiger partial charge in [0.05, 0.1) is 6.61 Å². The molecule has 4 heteroatoms. The van der Waals surface area contributed by atoms with Crippen LogP contribution >= 0.6 is 0 Å². The second kappa shape index (κ2) is 2.88. The number of anilines is 1. The number of fused-ring (bicyclic) bond motifs is 1. The average Bonchev–Trinajstić information content (AvgIpc) is 2.02. The van der Waals surface area contributed by atoms with E-state index in [1.54, 1.807) is 6.07 Å². The second-order valence-electron chi connectivity index (χ2n) is 3.16. The van der Waals surface area contributed by atoms with Crippen LogP contribution < -0.4 is 16.2 Å². The maximum atomic E-state index is 13.3. The molecule has 1 aromatic carbocycles. The molecule has 1 aromatic rings. The number of hydrogen-bond donors (Lipinski definition) is 2. The molecular weight excluding hydrogens is 171 g/mol.